The second kappa shape index (κ2) is 7.08. The molecule has 0 aromatic heterocycles. The van der Waals surface area contributed by atoms with Gasteiger partial charge in [0.15, 0.2) is 11.5 Å². The van der Waals surface area contributed by atoms with Crippen LogP contribution in [-0.4, -0.2) is 40.4 Å². The maximum atomic E-state index is 12.6. The summed E-state index contributed by atoms with van der Waals surface area (Å²) in [6.45, 7) is 3.75. The maximum absolute atomic E-state index is 12.6. The number of hydrogen-bond donors (Lipinski definition) is 0. The van der Waals surface area contributed by atoms with Gasteiger partial charge >= 0.3 is 11.9 Å². The summed E-state index contributed by atoms with van der Waals surface area (Å²) in [7, 11) is 5.60. The highest BCUT2D eigenvalue weighted by molar-refractivity contribution is 6.05. The molecule has 0 spiro atoms. The van der Waals surface area contributed by atoms with Crippen LogP contribution in [0.2, 0.25) is 0 Å². The van der Waals surface area contributed by atoms with Crippen molar-refractivity contribution in [3.63, 3.8) is 0 Å². The number of allylic oxidation sites excluding steroid dienone is 1. The van der Waals surface area contributed by atoms with Crippen molar-refractivity contribution in [3.8, 4) is 11.5 Å². The van der Waals surface area contributed by atoms with Crippen LogP contribution in [0.1, 0.15) is 30.1 Å². The number of ether oxygens (including phenoxy) is 5. The molecule has 1 aromatic carbocycles. The van der Waals surface area contributed by atoms with E-state index in [1.165, 1.54) is 28.4 Å². The Kier molecular flexibility index (Phi) is 4.97. The lowest BCUT2D eigenvalue weighted by molar-refractivity contribution is -0.140. The third-order valence-corrected chi connectivity index (χ3v) is 5.02. The van der Waals surface area contributed by atoms with Gasteiger partial charge in [0.1, 0.15) is 11.7 Å². The zero-order chi connectivity index (χ0) is 19.8. The Morgan fingerprint density at radius 1 is 1.11 bits per heavy atom. The fraction of sp³-hybridized carbons (Fsp3) is 0.400. The summed E-state index contributed by atoms with van der Waals surface area (Å²) in [5.41, 5.74) is 0.686. The highest BCUT2D eigenvalue weighted by atomic mass is 16.6. The molecule has 0 N–H and O–H groups in total. The Morgan fingerprint density at radius 3 is 2.30 bits per heavy atom. The summed E-state index contributed by atoms with van der Waals surface area (Å²) in [6, 6.07) is 3.56. The highest BCUT2D eigenvalue weighted by Crippen LogP contribution is 2.61. The third kappa shape index (κ3) is 2.61. The average molecular weight is 374 g/mol. The van der Waals surface area contributed by atoms with Gasteiger partial charge < -0.3 is 23.7 Å². The van der Waals surface area contributed by atoms with Crippen molar-refractivity contribution in [1.29, 1.82) is 0 Å². The molecule has 0 fully saturated rings. The van der Waals surface area contributed by atoms with Crippen molar-refractivity contribution in [1.82, 2.24) is 0 Å². The third-order valence-electron chi connectivity index (χ3n) is 5.02. The Bertz CT molecular complexity index is 839. The predicted molar refractivity (Wildman–Crippen MR) is 95.5 cm³/mol. The van der Waals surface area contributed by atoms with Gasteiger partial charge in [0.25, 0.3) is 0 Å². The van der Waals surface area contributed by atoms with Gasteiger partial charge in [0, 0.05) is 0 Å². The first-order chi connectivity index (χ1) is 13.0. The minimum Gasteiger partial charge on any atom is -0.493 e. The fourth-order valence-electron chi connectivity index (χ4n) is 3.87. The molecule has 7 heteroatoms. The quantitative estimate of drug-likeness (QED) is 0.536. The molecule has 0 radical (unpaired) electrons. The molecule has 1 aromatic rings. The molecule has 0 saturated heterocycles. The van der Waals surface area contributed by atoms with Gasteiger partial charge in [-0.05, 0) is 36.1 Å². The monoisotopic (exact) mass is 374 g/mol. The molecular formula is C20H22O7. The van der Waals surface area contributed by atoms with E-state index in [2.05, 4.69) is 6.58 Å². The van der Waals surface area contributed by atoms with Crippen LogP contribution in [0.5, 0.6) is 11.5 Å². The number of carbonyl (C=O) groups excluding carboxylic acids is 2. The van der Waals surface area contributed by atoms with Crippen LogP contribution in [0.15, 0.2) is 35.9 Å². The van der Waals surface area contributed by atoms with E-state index in [1.807, 2.05) is 0 Å². The molecule has 2 aliphatic rings. The number of hydrogen-bond acceptors (Lipinski definition) is 7. The SMILES string of the molecule is C=CCC[C@@]12O[C@@H](C(C(=O)OC)=C1C(=O)OC)c1cc(OC)c(OC)cc12. The van der Waals surface area contributed by atoms with Crippen LogP contribution in [0.4, 0.5) is 0 Å². The zero-order valence-electron chi connectivity index (χ0n) is 15.8. The van der Waals surface area contributed by atoms with Crippen molar-refractivity contribution < 1.29 is 33.3 Å². The Hall–Kier alpha value is -2.80. The standard InChI is InChI=1S/C20H22O7/c1-6-7-8-20-12-10-14(24-3)13(23-2)9-11(12)17(27-20)15(18(21)25-4)16(20)19(22)26-5/h6,9-10,17H,1,7-8H2,2-5H3/t17-,20+/m1/s1. The number of carbonyl (C=O) groups is 2. The van der Waals surface area contributed by atoms with Gasteiger partial charge in [-0.1, -0.05) is 6.08 Å². The molecule has 0 aliphatic carbocycles. The Labute approximate surface area is 157 Å². The van der Waals surface area contributed by atoms with Crippen LogP contribution >= 0.6 is 0 Å². The number of rotatable bonds is 7. The Morgan fingerprint density at radius 2 is 1.74 bits per heavy atom. The lowest BCUT2D eigenvalue weighted by Crippen LogP contribution is -2.32. The van der Waals surface area contributed by atoms with E-state index in [0.29, 0.717) is 24.3 Å². The summed E-state index contributed by atoms with van der Waals surface area (Å²) in [4.78, 5) is 25.1. The predicted octanol–water partition coefficient (Wildman–Crippen LogP) is 2.59. The normalized spacial score (nSPS) is 22.3. The number of benzene rings is 1. The molecule has 7 nitrogen and oxygen atoms in total. The van der Waals surface area contributed by atoms with Crippen molar-refractivity contribution in [2.75, 3.05) is 28.4 Å². The second-order valence-corrected chi connectivity index (χ2v) is 6.22. The van der Waals surface area contributed by atoms with E-state index in [1.54, 1.807) is 18.2 Å². The van der Waals surface area contributed by atoms with Gasteiger partial charge in [0.2, 0.25) is 0 Å². The van der Waals surface area contributed by atoms with E-state index < -0.39 is 23.6 Å². The first-order valence-corrected chi connectivity index (χ1v) is 8.45. The number of methoxy groups -OCH3 is 4. The van der Waals surface area contributed by atoms with Gasteiger partial charge in [0.05, 0.1) is 39.6 Å². The first kappa shape index (κ1) is 19.0. The minimum atomic E-state index is -1.13. The maximum Gasteiger partial charge on any atom is 0.337 e. The van der Waals surface area contributed by atoms with Gasteiger partial charge in [-0.15, -0.1) is 6.58 Å². The molecule has 2 bridgehead atoms. The van der Waals surface area contributed by atoms with Crippen molar-refractivity contribution >= 4 is 11.9 Å². The second-order valence-electron chi connectivity index (χ2n) is 6.22. The van der Waals surface area contributed by atoms with E-state index in [0.717, 1.165) is 11.1 Å². The minimum absolute atomic E-state index is 0.160. The van der Waals surface area contributed by atoms with E-state index in [9.17, 15) is 9.59 Å². The van der Waals surface area contributed by atoms with Crippen LogP contribution in [0.25, 0.3) is 0 Å². The topological polar surface area (TPSA) is 80.3 Å². The Balaban J connectivity index is 2.30. The molecule has 3 rings (SSSR count). The summed E-state index contributed by atoms with van der Waals surface area (Å²) in [5, 5.41) is 0. The fourth-order valence-corrected chi connectivity index (χ4v) is 3.87. The molecule has 0 amide bonds. The lowest BCUT2D eigenvalue weighted by Gasteiger charge is -2.29. The van der Waals surface area contributed by atoms with Crippen molar-refractivity contribution in [2.24, 2.45) is 0 Å². The molecule has 0 unspecified atom stereocenters. The van der Waals surface area contributed by atoms with Gasteiger partial charge in [-0.3, -0.25) is 0 Å². The molecule has 144 valence electrons. The summed E-state index contributed by atoms with van der Waals surface area (Å²) < 4.78 is 26.9. The average Bonchev–Trinajstić information content (AvgIpc) is 3.21. The number of esters is 2. The summed E-state index contributed by atoms with van der Waals surface area (Å²) in [6.07, 6.45) is 1.97. The largest absolute Gasteiger partial charge is 0.493 e. The zero-order valence-corrected chi connectivity index (χ0v) is 15.8. The highest BCUT2D eigenvalue weighted by Gasteiger charge is 2.60. The van der Waals surface area contributed by atoms with Crippen molar-refractivity contribution in [3.05, 3.63) is 47.1 Å². The van der Waals surface area contributed by atoms with Gasteiger partial charge in [-0.25, -0.2) is 9.59 Å². The van der Waals surface area contributed by atoms with Crippen LogP contribution in [0, 0.1) is 0 Å². The number of fused-ring (bicyclic) bond motifs is 5. The summed E-state index contributed by atoms with van der Waals surface area (Å²) >= 11 is 0. The molecular weight excluding hydrogens is 352 g/mol. The van der Waals surface area contributed by atoms with Crippen LogP contribution in [-0.2, 0) is 29.4 Å². The van der Waals surface area contributed by atoms with E-state index >= 15 is 0 Å². The van der Waals surface area contributed by atoms with Crippen molar-refractivity contribution in [2.45, 2.75) is 24.5 Å². The first-order valence-electron chi connectivity index (χ1n) is 8.45. The van der Waals surface area contributed by atoms with Crippen LogP contribution in [0.3, 0.4) is 0 Å². The van der Waals surface area contributed by atoms with E-state index in [-0.39, 0.29) is 11.1 Å². The molecule has 0 saturated carbocycles. The molecule has 2 heterocycles. The van der Waals surface area contributed by atoms with E-state index in [4.69, 9.17) is 23.7 Å². The smallest absolute Gasteiger partial charge is 0.337 e. The molecule has 2 aliphatic heterocycles. The molecule has 2 atom stereocenters. The van der Waals surface area contributed by atoms with Gasteiger partial charge in [-0.2, -0.15) is 0 Å². The van der Waals surface area contributed by atoms with Crippen LogP contribution < -0.4 is 9.47 Å². The lowest BCUT2D eigenvalue weighted by atomic mass is 9.75. The molecule has 27 heavy (non-hydrogen) atoms. The summed E-state index contributed by atoms with van der Waals surface area (Å²) in [5.74, 6) is -0.229.